The number of hydrogen-bond acceptors (Lipinski definition) is 1. The van der Waals surface area contributed by atoms with E-state index in [1.807, 2.05) is 0 Å². The molecule has 0 bridgehead atoms. The molecule has 1 aromatic heterocycles. The molecule has 0 N–H and O–H groups in total. The van der Waals surface area contributed by atoms with Gasteiger partial charge in [-0.05, 0) is 0 Å². The number of benzene rings is 1. The second kappa shape index (κ2) is 3.93. The summed E-state index contributed by atoms with van der Waals surface area (Å²) in [6.45, 7) is 0. The standard InChI is InChI=1S/C10H6BrF3N2/c11-16-6-8(10(12,13)14)9(15-16)7-4-2-1-3-5-7/h1-6H. The Hall–Kier alpha value is -1.30. The Kier molecular flexibility index (Phi) is 2.75. The molecule has 0 aliphatic rings. The predicted molar refractivity (Wildman–Crippen MR) is 57.0 cm³/mol. The zero-order valence-electron chi connectivity index (χ0n) is 7.87. The third-order valence-corrected chi connectivity index (χ3v) is 2.40. The lowest BCUT2D eigenvalue weighted by Gasteiger charge is -2.05. The molecule has 1 heterocycles. The van der Waals surface area contributed by atoms with Crippen molar-refractivity contribution < 1.29 is 13.2 Å². The van der Waals surface area contributed by atoms with E-state index in [4.69, 9.17) is 0 Å². The number of rotatable bonds is 1. The molecule has 0 radical (unpaired) electrons. The first-order valence-corrected chi connectivity index (χ1v) is 5.08. The molecule has 2 nitrogen and oxygen atoms in total. The number of alkyl halides is 3. The molecule has 0 amide bonds. The fourth-order valence-corrected chi connectivity index (χ4v) is 1.73. The Labute approximate surface area is 98.0 Å². The summed E-state index contributed by atoms with van der Waals surface area (Å²) in [5, 5.41) is 3.76. The van der Waals surface area contributed by atoms with Crippen LogP contribution in [0, 0.1) is 0 Å². The van der Waals surface area contributed by atoms with Crippen molar-refractivity contribution >= 4 is 16.1 Å². The lowest BCUT2D eigenvalue weighted by Crippen LogP contribution is -2.05. The van der Waals surface area contributed by atoms with E-state index < -0.39 is 11.7 Å². The van der Waals surface area contributed by atoms with E-state index in [1.165, 1.54) is 0 Å². The lowest BCUT2D eigenvalue weighted by atomic mass is 10.1. The van der Waals surface area contributed by atoms with Crippen LogP contribution in [0.1, 0.15) is 5.56 Å². The average molecular weight is 291 g/mol. The van der Waals surface area contributed by atoms with Crippen molar-refractivity contribution in [3.8, 4) is 11.3 Å². The Morgan fingerprint density at radius 2 is 1.75 bits per heavy atom. The van der Waals surface area contributed by atoms with Crippen molar-refractivity contribution in [2.24, 2.45) is 0 Å². The molecule has 84 valence electrons. The van der Waals surface area contributed by atoms with Crippen LogP contribution in [0.15, 0.2) is 36.5 Å². The van der Waals surface area contributed by atoms with Gasteiger partial charge in [0.25, 0.3) is 0 Å². The van der Waals surface area contributed by atoms with Gasteiger partial charge in [-0.15, -0.1) is 0 Å². The highest BCUT2D eigenvalue weighted by atomic mass is 79.9. The molecular formula is C10H6BrF3N2. The molecule has 0 saturated carbocycles. The van der Waals surface area contributed by atoms with Crippen molar-refractivity contribution in [2.45, 2.75) is 6.18 Å². The molecule has 0 spiro atoms. The van der Waals surface area contributed by atoms with Gasteiger partial charge in [-0.2, -0.15) is 18.3 Å². The minimum atomic E-state index is -4.41. The van der Waals surface area contributed by atoms with E-state index in [2.05, 4.69) is 21.2 Å². The molecule has 0 saturated heterocycles. The maximum Gasteiger partial charge on any atom is 0.420 e. The third-order valence-electron chi connectivity index (χ3n) is 2.04. The van der Waals surface area contributed by atoms with E-state index in [-0.39, 0.29) is 5.69 Å². The highest BCUT2D eigenvalue weighted by molar-refractivity contribution is 9.08. The van der Waals surface area contributed by atoms with E-state index >= 15 is 0 Å². The fraction of sp³-hybridized carbons (Fsp3) is 0.100. The summed E-state index contributed by atoms with van der Waals surface area (Å²) < 4.78 is 39.0. The second-order valence-corrected chi connectivity index (χ2v) is 3.87. The highest BCUT2D eigenvalue weighted by Gasteiger charge is 2.36. The number of nitrogens with zero attached hydrogens (tertiary/aromatic N) is 2. The molecule has 0 unspecified atom stereocenters. The van der Waals surface area contributed by atoms with Crippen molar-refractivity contribution in [3.05, 3.63) is 42.1 Å². The molecule has 6 heteroatoms. The maximum atomic E-state index is 12.7. The molecule has 0 fully saturated rings. The van der Waals surface area contributed by atoms with Crippen molar-refractivity contribution in [3.63, 3.8) is 0 Å². The first-order chi connectivity index (χ1) is 7.48. The Morgan fingerprint density at radius 3 is 2.31 bits per heavy atom. The van der Waals surface area contributed by atoms with Crippen LogP contribution < -0.4 is 0 Å². The van der Waals surface area contributed by atoms with E-state index in [0.717, 1.165) is 9.90 Å². The molecular weight excluding hydrogens is 285 g/mol. The van der Waals surface area contributed by atoms with Gasteiger partial charge in [0, 0.05) is 5.56 Å². The van der Waals surface area contributed by atoms with Gasteiger partial charge in [0.2, 0.25) is 0 Å². The first kappa shape index (κ1) is 11.2. The van der Waals surface area contributed by atoms with Crippen LogP contribution in [0.2, 0.25) is 0 Å². The monoisotopic (exact) mass is 290 g/mol. The van der Waals surface area contributed by atoms with E-state index in [1.54, 1.807) is 30.3 Å². The van der Waals surface area contributed by atoms with Crippen LogP contribution in [-0.2, 0) is 6.18 Å². The highest BCUT2D eigenvalue weighted by Crippen LogP contribution is 2.36. The minimum absolute atomic E-state index is 0.0787. The van der Waals surface area contributed by atoms with Crippen LogP contribution in [-0.4, -0.2) is 8.81 Å². The Balaban J connectivity index is 2.58. The van der Waals surface area contributed by atoms with Gasteiger partial charge in [0.15, 0.2) is 0 Å². The first-order valence-electron chi connectivity index (χ1n) is 4.37. The van der Waals surface area contributed by atoms with Crippen LogP contribution >= 0.6 is 16.1 Å². The van der Waals surface area contributed by atoms with Gasteiger partial charge in [-0.25, -0.2) is 3.71 Å². The summed E-state index contributed by atoms with van der Waals surface area (Å²) >= 11 is 2.88. The van der Waals surface area contributed by atoms with E-state index in [0.29, 0.717) is 5.56 Å². The second-order valence-electron chi connectivity index (χ2n) is 3.14. The summed E-state index contributed by atoms with van der Waals surface area (Å²) in [6, 6.07) is 8.25. The number of aromatic nitrogens is 2. The SMILES string of the molecule is FC(F)(F)c1cn(Br)nc1-c1ccccc1. The predicted octanol–water partition coefficient (Wildman–Crippen LogP) is 3.73. The molecule has 2 aromatic rings. The van der Waals surface area contributed by atoms with Gasteiger partial charge >= 0.3 is 6.18 Å². The molecule has 16 heavy (non-hydrogen) atoms. The van der Waals surface area contributed by atoms with Crippen molar-refractivity contribution in [1.29, 1.82) is 0 Å². The Morgan fingerprint density at radius 1 is 1.12 bits per heavy atom. The molecule has 1 aromatic carbocycles. The zero-order valence-corrected chi connectivity index (χ0v) is 9.46. The molecule has 0 atom stereocenters. The quantitative estimate of drug-likeness (QED) is 0.783. The summed E-state index contributed by atoms with van der Waals surface area (Å²) in [6.07, 6.45) is -3.50. The van der Waals surface area contributed by atoms with Crippen LogP contribution in [0.5, 0.6) is 0 Å². The van der Waals surface area contributed by atoms with Gasteiger partial charge < -0.3 is 0 Å². The van der Waals surface area contributed by atoms with Crippen LogP contribution in [0.25, 0.3) is 11.3 Å². The summed E-state index contributed by atoms with van der Waals surface area (Å²) in [4.78, 5) is 0. The average Bonchev–Trinajstić information content (AvgIpc) is 2.61. The number of hydrogen-bond donors (Lipinski definition) is 0. The van der Waals surface area contributed by atoms with Crippen LogP contribution in [0.3, 0.4) is 0 Å². The molecule has 0 aliphatic carbocycles. The smallest absolute Gasteiger partial charge is 0.204 e. The Bertz CT molecular complexity index is 491. The number of halogens is 4. The van der Waals surface area contributed by atoms with E-state index in [9.17, 15) is 13.2 Å². The van der Waals surface area contributed by atoms with Crippen molar-refractivity contribution in [2.75, 3.05) is 0 Å². The largest absolute Gasteiger partial charge is 0.420 e. The fourth-order valence-electron chi connectivity index (χ4n) is 1.36. The van der Waals surface area contributed by atoms with Crippen LogP contribution in [0.4, 0.5) is 13.2 Å². The summed E-state index contributed by atoms with van der Waals surface area (Å²) in [7, 11) is 0. The van der Waals surface area contributed by atoms with Crippen molar-refractivity contribution in [1.82, 2.24) is 8.81 Å². The molecule has 0 aliphatic heterocycles. The minimum Gasteiger partial charge on any atom is -0.204 e. The zero-order chi connectivity index (χ0) is 11.8. The lowest BCUT2D eigenvalue weighted by molar-refractivity contribution is -0.137. The topological polar surface area (TPSA) is 17.8 Å². The normalized spacial score (nSPS) is 11.8. The van der Waals surface area contributed by atoms with Gasteiger partial charge in [0.1, 0.15) is 11.3 Å². The third kappa shape index (κ3) is 2.11. The maximum absolute atomic E-state index is 12.7. The summed E-state index contributed by atoms with van der Waals surface area (Å²) in [5.41, 5.74) is -0.395. The van der Waals surface area contributed by atoms with Gasteiger partial charge in [-0.3, -0.25) is 0 Å². The summed E-state index contributed by atoms with van der Waals surface area (Å²) in [5.74, 6) is 0. The van der Waals surface area contributed by atoms with Gasteiger partial charge in [0.05, 0.1) is 22.3 Å². The van der Waals surface area contributed by atoms with Gasteiger partial charge in [-0.1, -0.05) is 30.3 Å². The molecule has 2 rings (SSSR count).